The summed E-state index contributed by atoms with van der Waals surface area (Å²) in [6.07, 6.45) is 5.97. The maximum Gasteiger partial charge on any atom is 0.132 e. The van der Waals surface area contributed by atoms with Crippen molar-refractivity contribution in [3.05, 3.63) is 80.8 Å². The van der Waals surface area contributed by atoms with Gasteiger partial charge in [0.15, 0.2) is 0 Å². The van der Waals surface area contributed by atoms with E-state index in [1.807, 2.05) is 0 Å². The molecule has 0 aliphatic carbocycles. The van der Waals surface area contributed by atoms with Crippen LogP contribution in [0.4, 0.5) is 10.1 Å². The molecule has 0 amide bonds. The number of nitrogens with two attached hydrogens (primary N) is 1. The van der Waals surface area contributed by atoms with Gasteiger partial charge >= 0.3 is 0 Å². The largest absolute Gasteiger partial charge is 0.508 e. The third-order valence-corrected chi connectivity index (χ3v) is 4.69. The quantitative estimate of drug-likeness (QED) is 0.238. The lowest BCUT2D eigenvalue weighted by atomic mass is 9.94. The van der Waals surface area contributed by atoms with Gasteiger partial charge in [-0.05, 0) is 67.3 Å². The Kier molecular flexibility index (Phi) is 7.13. The van der Waals surface area contributed by atoms with Crippen LogP contribution in [0.3, 0.4) is 0 Å². The summed E-state index contributed by atoms with van der Waals surface area (Å²) >= 11 is 12.0. The van der Waals surface area contributed by atoms with Crippen molar-refractivity contribution in [2.45, 2.75) is 33.1 Å². The summed E-state index contributed by atoms with van der Waals surface area (Å²) in [5.41, 5.74) is 8.61. The highest BCUT2D eigenvalue weighted by atomic mass is 35.5. The third-order valence-electron chi connectivity index (χ3n) is 4.05. The minimum Gasteiger partial charge on any atom is -0.508 e. The Balaban J connectivity index is 2.63. The van der Waals surface area contributed by atoms with Crippen LogP contribution < -0.4 is 5.73 Å². The predicted molar refractivity (Wildman–Crippen MR) is 109 cm³/mol. The molecule has 0 saturated heterocycles. The van der Waals surface area contributed by atoms with Gasteiger partial charge in [0.1, 0.15) is 11.6 Å². The number of hydrogen-bond donors (Lipinski definition) is 2. The van der Waals surface area contributed by atoms with Crippen LogP contribution in [-0.4, -0.2) is 5.11 Å². The molecule has 5 heteroatoms. The van der Waals surface area contributed by atoms with Gasteiger partial charge in [0.2, 0.25) is 0 Å². The summed E-state index contributed by atoms with van der Waals surface area (Å²) < 4.78 is 14.6. The highest BCUT2D eigenvalue weighted by molar-refractivity contribution is 6.31. The van der Waals surface area contributed by atoms with E-state index in [4.69, 9.17) is 28.9 Å². The first-order valence-corrected chi connectivity index (χ1v) is 9.21. The number of aliphatic hydroxyl groups excluding tert-OH is 1. The Morgan fingerprint density at radius 2 is 1.92 bits per heavy atom. The summed E-state index contributed by atoms with van der Waals surface area (Å²) in [6.45, 7) is 3.87. The van der Waals surface area contributed by atoms with Gasteiger partial charge < -0.3 is 10.8 Å². The zero-order chi connectivity index (χ0) is 19.3. The van der Waals surface area contributed by atoms with Crippen molar-refractivity contribution in [2.24, 2.45) is 0 Å². The summed E-state index contributed by atoms with van der Waals surface area (Å²) in [5.74, 6) is -0.419. The number of benzene rings is 2. The lowest BCUT2D eigenvalue weighted by molar-refractivity contribution is 0.429. The van der Waals surface area contributed by atoms with Crippen molar-refractivity contribution in [1.29, 1.82) is 0 Å². The van der Waals surface area contributed by atoms with Crippen LogP contribution in [0, 0.1) is 12.7 Å². The van der Waals surface area contributed by atoms with Gasteiger partial charge in [-0.15, -0.1) is 0 Å². The molecule has 0 heterocycles. The molecule has 0 radical (unpaired) electrons. The van der Waals surface area contributed by atoms with E-state index in [1.165, 1.54) is 12.1 Å². The number of nitrogen functional groups attached to an aromatic ring is 1. The first kappa shape index (κ1) is 20.3. The Morgan fingerprint density at radius 1 is 1.19 bits per heavy atom. The van der Waals surface area contributed by atoms with Crippen LogP contribution in [0.15, 0.2) is 48.2 Å². The first-order chi connectivity index (χ1) is 12.3. The van der Waals surface area contributed by atoms with E-state index in [1.54, 1.807) is 37.3 Å². The van der Waals surface area contributed by atoms with Gasteiger partial charge in [-0.3, -0.25) is 0 Å². The number of aryl methyl sites for hydroxylation is 1. The fourth-order valence-electron chi connectivity index (χ4n) is 2.60. The molecule has 2 aromatic rings. The molecule has 2 aromatic carbocycles. The Labute approximate surface area is 163 Å². The molecular formula is C21H22Cl2FNO. The van der Waals surface area contributed by atoms with E-state index in [0.29, 0.717) is 32.4 Å². The topological polar surface area (TPSA) is 46.2 Å². The number of aliphatic hydroxyl groups is 1. The molecule has 2 rings (SSSR count). The Morgan fingerprint density at radius 3 is 2.58 bits per heavy atom. The second kappa shape index (κ2) is 9.11. The maximum absolute atomic E-state index is 14.6. The first-order valence-electron chi connectivity index (χ1n) is 8.45. The number of allylic oxidation sites excluding steroid dienone is 2. The minimum absolute atomic E-state index is 0.0646. The molecule has 0 unspecified atom stereocenters. The summed E-state index contributed by atoms with van der Waals surface area (Å²) in [4.78, 5) is 0. The fourth-order valence-corrected chi connectivity index (χ4v) is 2.93. The molecule has 0 bridgehead atoms. The average Bonchev–Trinajstić information content (AvgIpc) is 2.57. The van der Waals surface area contributed by atoms with E-state index in [2.05, 4.69) is 6.92 Å². The molecule has 0 aliphatic heterocycles. The van der Waals surface area contributed by atoms with E-state index in [9.17, 15) is 9.50 Å². The van der Waals surface area contributed by atoms with Crippen LogP contribution in [0.2, 0.25) is 10.0 Å². The van der Waals surface area contributed by atoms with Crippen LogP contribution in [0.5, 0.6) is 0 Å². The summed E-state index contributed by atoms with van der Waals surface area (Å²) in [7, 11) is 0. The number of hydrogen-bond acceptors (Lipinski definition) is 2. The number of anilines is 1. The second-order valence-corrected chi connectivity index (χ2v) is 6.99. The molecule has 0 aliphatic rings. The monoisotopic (exact) mass is 393 g/mol. The molecule has 0 saturated carbocycles. The standard InChI is InChI=1S/C21H22Cl2FNO/c1-3-4-5-6-15(26)11-17(16-8-7-14(22)10-21(16)25)18-9-13(2)19(23)12-20(18)24/h6-12,26H,3-5,25H2,1-2H3/b15-6-,17-11-. The van der Waals surface area contributed by atoms with E-state index < -0.39 is 5.82 Å². The highest BCUT2D eigenvalue weighted by Gasteiger charge is 2.16. The van der Waals surface area contributed by atoms with Gasteiger partial charge in [0, 0.05) is 26.9 Å². The van der Waals surface area contributed by atoms with Gasteiger partial charge in [-0.2, -0.15) is 0 Å². The van der Waals surface area contributed by atoms with Crippen molar-refractivity contribution in [3.63, 3.8) is 0 Å². The van der Waals surface area contributed by atoms with Gasteiger partial charge in [-0.1, -0.05) is 42.6 Å². The summed E-state index contributed by atoms with van der Waals surface area (Å²) in [5, 5.41) is 11.1. The molecule has 0 spiro atoms. The van der Waals surface area contributed by atoms with Crippen molar-refractivity contribution < 1.29 is 9.50 Å². The molecule has 2 nitrogen and oxygen atoms in total. The number of halogens is 3. The van der Waals surface area contributed by atoms with E-state index in [0.717, 1.165) is 24.8 Å². The Hall–Kier alpha value is -1.97. The fraction of sp³-hybridized carbons (Fsp3) is 0.238. The van der Waals surface area contributed by atoms with Gasteiger partial charge in [0.25, 0.3) is 0 Å². The average molecular weight is 394 g/mol. The Bertz CT molecular complexity index is 859. The van der Waals surface area contributed by atoms with Crippen LogP contribution in [-0.2, 0) is 0 Å². The van der Waals surface area contributed by atoms with Crippen molar-refractivity contribution in [3.8, 4) is 0 Å². The predicted octanol–water partition coefficient (Wildman–Crippen LogP) is 7.09. The molecule has 0 atom stereocenters. The zero-order valence-corrected chi connectivity index (χ0v) is 16.3. The van der Waals surface area contributed by atoms with Crippen molar-refractivity contribution in [1.82, 2.24) is 0 Å². The normalized spacial score (nSPS) is 12.5. The molecular weight excluding hydrogens is 372 g/mol. The zero-order valence-electron chi connectivity index (χ0n) is 14.8. The molecule has 3 N–H and O–H groups in total. The maximum atomic E-state index is 14.6. The van der Waals surface area contributed by atoms with Crippen LogP contribution in [0.1, 0.15) is 42.9 Å². The second-order valence-electron chi connectivity index (χ2n) is 6.14. The third kappa shape index (κ3) is 5.03. The van der Waals surface area contributed by atoms with Gasteiger partial charge in [0.05, 0.1) is 0 Å². The minimum atomic E-state index is -0.484. The van der Waals surface area contributed by atoms with E-state index >= 15 is 0 Å². The van der Waals surface area contributed by atoms with Crippen molar-refractivity contribution >= 4 is 34.5 Å². The number of unbranched alkanes of at least 4 members (excludes halogenated alkanes) is 2. The molecule has 0 aromatic heterocycles. The molecule has 138 valence electrons. The molecule has 26 heavy (non-hydrogen) atoms. The highest BCUT2D eigenvalue weighted by Crippen LogP contribution is 2.34. The smallest absolute Gasteiger partial charge is 0.132 e. The SMILES string of the molecule is CCCC/C=C(O)/C=C(/c1ccc(Cl)cc1N)c1cc(C)c(Cl)cc1F. The molecule has 0 fully saturated rings. The van der Waals surface area contributed by atoms with Crippen LogP contribution in [0.25, 0.3) is 5.57 Å². The summed E-state index contributed by atoms with van der Waals surface area (Å²) in [6, 6.07) is 7.91. The van der Waals surface area contributed by atoms with Crippen molar-refractivity contribution in [2.75, 3.05) is 5.73 Å². The lowest BCUT2D eigenvalue weighted by Gasteiger charge is -2.14. The van der Waals surface area contributed by atoms with Gasteiger partial charge in [-0.25, -0.2) is 4.39 Å². The van der Waals surface area contributed by atoms with Crippen LogP contribution >= 0.6 is 23.2 Å². The lowest BCUT2D eigenvalue weighted by Crippen LogP contribution is -1.99. The van der Waals surface area contributed by atoms with E-state index in [-0.39, 0.29) is 5.76 Å². The number of rotatable bonds is 6.